The van der Waals surface area contributed by atoms with Crippen LogP contribution >= 0.6 is 11.6 Å². The van der Waals surface area contributed by atoms with Crippen molar-refractivity contribution in [3.63, 3.8) is 0 Å². The number of ether oxygens (including phenoxy) is 1. The van der Waals surface area contributed by atoms with E-state index in [1.54, 1.807) is 12.1 Å². The molecule has 222 valence electrons. The number of aromatic nitrogens is 6. The van der Waals surface area contributed by atoms with E-state index in [9.17, 15) is 32.8 Å². The first-order valence-electron chi connectivity index (χ1n) is 12.0. The maximum atomic E-state index is 13.7. The van der Waals surface area contributed by atoms with Gasteiger partial charge in [0, 0.05) is 7.05 Å². The molecule has 0 saturated carbocycles. The van der Waals surface area contributed by atoms with Crippen molar-refractivity contribution >= 4 is 35.2 Å². The maximum Gasteiger partial charge on any atom is 0.453 e. The Morgan fingerprint density at radius 2 is 1.88 bits per heavy atom. The van der Waals surface area contributed by atoms with E-state index in [1.807, 2.05) is 6.07 Å². The van der Waals surface area contributed by atoms with E-state index in [4.69, 9.17) is 11.6 Å². The highest BCUT2D eigenvalue weighted by Crippen LogP contribution is 2.28. The van der Waals surface area contributed by atoms with E-state index in [-0.39, 0.29) is 38.9 Å². The number of benzene rings is 2. The van der Waals surface area contributed by atoms with Crippen molar-refractivity contribution in [3.05, 3.63) is 81.4 Å². The van der Waals surface area contributed by atoms with Gasteiger partial charge in [-0.25, -0.2) is 19.2 Å². The summed E-state index contributed by atoms with van der Waals surface area (Å²) in [4.78, 5) is 38.6. The van der Waals surface area contributed by atoms with Gasteiger partial charge < -0.3 is 10.1 Å². The minimum Gasteiger partial charge on any atom is -0.452 e. The second-order valence-corrected chi connectivity index (χ2v) is 9.20. The number of halogens is 4. The van der Waals surface area contributed by atoms with Gasteiger partial charge in [-0.1, -0.05) is 23.7 Å². The first-order chi connectivity index (χ1) is 20.3. The van der Waals surface area contributed by atoms with E-state index in [0.717, 1.165) is 16.8 Å². The van der Waals surface area contributed by atoms with Crippen molar-refractivity contribution in [2.45, 2.75) is 19.6 Å². The summed E-state index contributed by atoms with van der Waals surface area (Å²) in [5.74, 6) is -3.07. The summed E-state index contributed by atoms with van der Waals surface area (Å²) in [6.45, 7) is 0.980. The minimum absolute atomic E-state index is 0.0203. The lowest BCUT2D eigenvalue weighted by Crippen LogP contribution is -2.43. The minimum atomic E-state index is -4.85. The fourth-order valence-electron chi connectivity index (χ4n) is 3.91. The highest BCUT2D eigenvalue weighted by Gasteiger charge is 2.38. The van der Waals surface area contributed by atoms with E-state index in [0.29, 0.717) is 10.2 Å². The van der Waals surface area contributed by atoms with Gasteiger partial charge >= 0.3 is 12.3 Å². The van der Waals surface area contributed by atoms with Crippen molar-refractivity contribution in [1.82, 2.24) is 40.4 Å². The molecule has 2 aromatic carbocycles. The molecule has 2 heterocycles. The summed E-state index contributed by atoms with van der Waals surface area (Å²) in [7, 11) is 2.33. The van der Waals surface area contributed by atoms with Gasteiger partial charge in [0.1, 0.15) is 5.69 Å². The Morgan fingerprint density at radius 3 is 2.53 bits per heavy atom. The zero-order chi connectivity index (χ0) is 31.5. The molecule has 2 N–H and O–H groups in total. The molecule has 0 aliphatic heterocycles. The Bertz CT molecular complexity index is 1760. The van der Waals surface area contributed by atoms with Crippen LogP contribution in [0.15, 0.2) is 42.5 Å². The summed E-state index contributed by atoms with van der Waals surface area (Å²) >= 11 is 6.34. The summed E-state index contributed by atoms with van der Waals surface area (Å²) < 4.78 is 46.2. The first kappa shape index (κ1) is 30.5. The van der Waals surface area contributed by atoms with Gasteiger partial charge in [-0.05, 0) is 53.2 Å². The number of hydrogen-bond acceptors (Lipinski definition) is 9. The summed E-state index contributed by atoms with van der Waals surface area (Å²) in [5, 5.41) is 26.7. The number of rotatable bonds is 6. The molecular formula is C25H20ClF3N10O4. The number of carbonyl (C=O) groups is 3. The number of hydrazine groups is 1. The third-order valence-corrected chi connectivity index (χ3v) is 6.16. The van der Waals surface area contributed by atoms with Crippen LogP contribution in [0.25, 0.3) is 5.69 Å². The SMILES string of the molecule is COC(=O)N(C)NC(=O)c1cc(C#N)cc(C)c1NC(=O)c1cc(Cn2nnnc2C(F)(F)F)nn1-c1ccccc1Cl. The van der Waals surface area contributed by atoms with E-state index >= 15 is 0 Å². The fourth-order valence-corrected chi connectivity index (χ4v) is 4.13. The number of anilines is 1. The Morgan fingerprint density at radius 1 is 1.16 bits per heavy atom. The van der Waals surface area contributed by atoms with Gasteiger partial charge in [-0.15, -0.1) is 5.10 Å². The number of nitriles is 1. The number of carbonyl (C=O) groups excluding carboxylic acids is 3. The second kappa shape index (κ2) is 12.2. The number of methoxy groups -OCH3 is 1. The van der Waals surface area contributed by atoms with E-state index < -0.39 is 36.5 Å². The molecule has 0 saturated heterocycles. The summed E-state index contributed by atoms with van der Waals surface area (Å²) in [6, 6.07) is 12.0. The zero-order valence-electron chi connectivity index (χ0n) is 22.5. The van der Waals surface area contributed by atoms with Crippen LogP contribution in [0.5, 0.6) is 0 Å². The lowest BCUT2D eigenvalue weighted by Gasteiger charge is -2.19. The van der Waals surface area contributed by atoms with E-state index in [1.165, 1.54) is 44.3 Å². The number of amides is 3. The Labute approximate surface area is 245 Å². The summed E-state index contributed by atoms with van der Waals surface area (Å²) in [6.07, 6.45) is -5.74. The van der Waals surface area contributed by atoms with Crippen LogP contribution in [-0.4, -0.2) is 67.1 Å². The Balaban J connectivity index is 1.76. The molecule has 0 aliphatic carbocycles. The highest BCUT2D eigenvalue weighted by atomic mass is 35.5. The smallest absolute Gasteiger partial charge is 0.452 e. The van der Waals surface area contributed by atoms with Gasteiger partial charge in [-0.3, -0.25) is 15.0 Å². The number of para-hydroxylation sites is 1. The quantitative estimate of drug-likeness (QED) is 0.308. The largest absolute Gasteiger partial charge is 0.453 e. The lowest BCUT2D eigenvalue weighted by atomic mass is 10.0. The number of alkyl halides is 3. The summed E-state index contributed by atoms with van der Waals surface area (Å²) in [5.41, 5.74) is 2.51. The number of nitrogens with zero attached hydrogens (tertiary/aromatic N) is 8. The van der Waals surface area contributed by atoms with Crippen molar-refractivity contribution in [2.75, 3.05) is 19.5 Å². The van der Waals surface area contributed by atoms with Gasteiger partial charge in [0.15, 0.2) is 0 Å². The molecule has 4 aromatic rings. The molecule has 18 heteroatoms. The molecule has 0 fully saturated rings. The standard InChI is InChI=1S/C25H20ClF3N10O4/c1-13-8-14(11-30)9-16(21(40)34-37(2)24(42)43-3)20(13)31-22(41)19-10-15(12-38-23(25(27,28)29)32-35-36-38)33-39(19)18-7-5-4-6-17(18)26/h4-10H,12H2,1-3H3,(H,31,41)(H,34,40). The molecule has 0 spiro atoms. The number of nitrogens with one attached hydrogen (secondary N) is 2. The molecule has 0 radical (unpaired) electrons. The van der Waals surface area contributed by atoms with Crippen molar-refractivity contribution < 1.29 is 32.3 Å². The fraction of sp³-hybridized carbons (Fsp3) is 0.200. The number of aryl methyl sites for hydroxylation is 1. The van der Waals surface area contributed by atoms with Gasteiger partial charge in [-0.2, -0.15) is 23.5 Å². The highest BCUT2D eigenvalue weighted by molar-refractivity contribution is 6.32. The molecule has 0 aliphatic rings. The number of hydrogen-bond donors (Lipinski definition) is 2. The number of tetrazole rings is 1. The van der Waals surface area contributed by atoms with Crippen LogP contribution in [0, 0.1) is 18.3 Å². The van der Waals surface area contributed by atoms with Crippen molar-refractivity contribution in [1.29, 1.82) is 5.26 Å². The van der Waals surface area contributed by atoms with Gasteiger partial charge in [0.05, 0.1) is 52.9 Å². The molecule has 14 nitrogen and oxygen atoms in total. The maximum absolute atomic E-state index is 13.7. The Hall–Kier alpha value is -5.50. The van der Waals surface area contributed by atoms with Crippen LogP contribution in [0.2, 0.25) is 5.02 Å². The van der Waals surface area contributed by atoms with E-state index in [2.05, 4.69) is 36.1 Å². The third-order valence-electron chi connectivity index (χ3n) is 5.84. The lowest BCUT2D eigenvalue weighted by molar-refractivity contribution is -0.147. The topological polar surface area (TPSA) is 173 Å². The average Bonchev–Trinajstić information content (AvgIpc) is 3.61. The second-order valence-electron chi connectivity index (χ2n) is 8.79. The molecular weight excluding hydrogens is 597 g/mol. The van der Waals surface area contributed by atoms with Gasteiger partial charge in [0.2, 0.25) is 0 Å². The van der Waals surface area contributed by atoms with Crippen LogP contribution < -0.4 is 10.7 Å². The molecule has 0 bridgehead atoms. The first-order valence-corrected chi connectivity index (χ1v) is 12.4. The zero-order valence-corrected chi connectivity index (χ0v) is 23.2. The molecule has 4 rings (SSSR count). The molecule has 0 unspecified atom stereocenters. The van der Waals surface area contributed by atoms with Crippen LogP contribution in [-0.2, 0) is 17.5 Å². The van der Waals surface area contributed by atoms with Crippen LogP contribution in [0.4, 0.5) is 23.7 Å². The monoisotopic (exact) mass is 616 g/mol. The Kier molecular flexibility index (Phi) is 8.61. The van der Waals surface area contributed by atoms with Crippen molar-refractivity contribution in [3.8, 4) is 11.8 Å². The normalized spacial score (nSPS) is 11.0. The van der Waals surface area contributed by atoms with Crippen molar-refractivity contribution in [2.24, 2.45) is 0 Å². The van der Waals surface area contributed by atoms with Crippen LogP contribution in [0.3, 0.4) is 0 Å². The third kappa shape index (κ3) is 6.54. The molecule has 0 atom stereocenters. The van der Waals surface area contributed by atoms with Gasteiger partial charge in [0.25, 0.3) is 17.6 Å². The average molecular weight is 617 g/mol. The predicted octanol–water partition coefficient (Wildman–Crippen LogP) is 3.35. The van der Waals surface area contributed by atoms with Crippen LogP contribution in [0.1, 0.15) is 43.5 Å². The molecule has 43 heavy (non-hydrogen) atoms. The molecule has 2 aromatic heterocycles. The predicted molar refractivity (Wildman–Crippen MR) is 142 cm³/mol. The molecule has 3 amide bonds.